The summed E-state index contributed by atoms with van der Waals surface area (Å²) in [5.74, 6) is 0.820. The van der Waals surface area contributed by atoms with Crippen molar-refractivity contribution in [2.75, 3.05) is 19.6 Å². The van der Waals surface area contributed by atoms with E-state index in [4.69, 9.17) is 9.26 Å². The van der Waals surface area contributed by atoms with E-state index in [0.29, 0.717) is 31.2 Å². The number of hydrogen-bond donors (Lipinski definition) is 1. The number of amides is 2. The Morgan fingerprint density at radius 1 is 1.24 bits per heavy atom. The van der Waals surface area contributed by atoms with E-state index in [-0.39, 0.29) is 23.9 Å². The Hall–Kier alpha value is -3.69. The van der Waals surface area contributed by atoms with E-state index < -0.39 is 6.09 Å². The van der Waals surface area contributed by atoms with Gasteiger partial charge in [-0.05, 0) is 6.42 Å². The molecule has 1 aliphatic heterocycles. The van der Waals surface area contributed by atoms with Gasteiger partial charge in [0.15, 0.2) is 0 Å². The van der Waals surface area contributed by atoms with Crippen LogP contribution in [0.5, 0.6) is 5.88 Å². The number of nitrogens with zero attached hydrogens (tertiary/aromatic N) is 5. The maximum Gasteiger partial charge on any atom is 0.413 e. The van der Waals surface area contributed by atoms with Crippen LogP contribution in [-0.2, 0) is 13.5 Å². The Bertz CT molecular complexity index is 1010. The average Bonchev–Trinajstić information content (AvgIpc) is 3.29. The molecule has 3 heterocycles. The number of hydrogen-bond acceptors (Lipinski definition) is 7. The molecule has 2 amide bonds. The molecule has 1 aromatic carbocycles. The summed E-state index contributed by atoms with van der Waals surface area (Å²) in [4.78, 5) is 30.5. The molecule has 1 fully saturated rings. The van der Waals surface area contributed by atoms with Gasteiger partial charge in [-0.1, -0.05) is 35.5 Å². The van der Waals surface area contributed by atoms with Crippen molar-refractivity contribution in [3.8, 4) is 17.3 Å². The first-order valence-corrected chi connectivity index (χ1v) is 9.27. The van der Waals surface area contributed by atoms with Crippen molar-refractivity contribution >= 4 is 12.0 Å². The topological polar surface area (TPSA) is 115 Å². The smallest absolute Gasteiger partial charge is 0.391 e. The lowest BCUT2D eigenvalue weighted by Crippen LogP contribution is -2.42. The Morgan fingerprint density at radius 3 is 2.76 bits per heavy atom. The van der Waals surface area contributed by atoms with Gasteiger partial charge in [-0.3, -0.25) is 4.79 Å². The minimum Gasteiger partial charge on any atom is -0.391 e. The van der Waals surface area contributed by atoms with Crippen molar-refractivity contribution in [1.29, 1.82) is 0 Å². The highest BCUT2D eigenvalue weighted by atomic mass is 16.6. The number of aryl methyl sites for hydroxylation is 1. The quantitative estimate of drug-likeness (QED) is 0.673. The van der Waals surface area contributed by atoms with E-state index in [1.807, 2.05) is 30.3 Å². The minimum absolute atomic E-state index is 0.114. The first kappa shape index (κ1) is 18.7. The highest BCUT2D eigenvalue weighted by Gasteiger charge is 2.27. The fraction of sp³-hybridized carbons (Fsp3) is 0.316. The largest absolute Gasteiger partial charge is 0.413 e. The standard InChI is InChI=1S/C19H20N6O4/c1-24-18(14(12-21-24)17(26)25-10-5-11-25)28-19(27)20-9-8-15-22-16(23-29-15)13-6-3-2-4-7-13/h2-4,6-7,12H,5,8-11H2,1H3,(H,20,27). The molecule has 0 atom stereocenters. The predicted molar refractivity (Wildman–Crippen MR) is 101 cm³/mol. The van der Waals surface area contributed by atoms with E-state index in [1.54, 1.807) is 11.9 Å². The van der Waals surface area contributed by atoms with Gasteiger partial charge in [-0.15, -0.1) is 0 Å². The fourth-order valence-electron chi connectivity index (χ4n) is 2.84. The highest BCUT2D eigenvalue weighted by Crippen LogP contribution is 2.22. The number of likely N-dealkylation sites (tertiary alicyclic amines) is 1. The second-order valence-electron chi connectivity index (χ2n) is 6.58. The molecule has 0 spiro atoms. The third-order valence-electron chi connectivity index (χ3n) is 4.56. The Labute approximate surface area is 166 Å². The molecule has 10 heteroatoms. The summed E-state index contributed by atoms with van der Waals surface area (Å²) in [6, 6.07) is 9.46. The third kappa shape index (κ3) is 4.10. The predicted octanol–water partition coefficient (Wildman–Crippen LogP) is 1.65. The molecule has 1 N–H and O–H groups in total. The van der Waals surface area contributed by atoms with Crippen LogP contribution in [0.2, 0.25) is 0 Å². The molecule has 0 aliphatic carbocycles. The van der Waals surface area contributed by atoms with E-state index in [0.717, 1.165) is 12.0 Å². The summed E-state index contributed by atoms with van der Waals surface area (Å²) < 4.78 is 11.9. The van der Waals surface area contributed by atoms with Gasteiger partial charge in [0, 0.05) is 38.7 Å². The van der Waals surface area contributed by atoms with Crippen molar-refractivity contribution in [1.82, 2.24) is 30.1 Å². The number of nitrogens with one attached hydrogen (secondary N) is 1. The van der Waals surface area contributed by atoms with Crippen LogP contribution < -0.4 is 10.1 Å². The van der Waals surface area contributed by atoms with Crippen molar-refractivity contribution in [3.05, 3.63) is 48.0 Å². The van der Waals surface area contributed by atoms with Gasteiger partial charge < -0.3 is 19.5 Å². The molecule has 29 heavy (non-hydrogen) atoms. The van der Waals surface area contributed by atoms with Crippen LogP contribution in [0.25, 0.3) is 11.4 Å². The number of carbonyl (C=O) groups is 2. The zero-order valence-corrected chi connectivity index (χ0v) is 15.9. The number of aromatic nitrogens is 4. The minimum atomic E-state index is -0.686. The van der Waals surface area contributed by atoms with Gasteiger partial charge in [0.05, 0.1) is 6.20 Å². The van der Waals surface area contributed by atoms with E-state index in [9.17, 15) is 9.59 Å². The molecule has 4 rings (SSSR count). The van der Waals surface area contributed by atoms with E-state index >= 15 is 0 Å². The monoisotopic (exact) mass is 396 g/mol. The second-order valence-corrected chi connectivity index (χ2v) is 6.58. The van der Waals surface area contributed by atoms with Crippen LogP contribution in [0.4, 0.5) is 4.79 Å². The Balaban J connectivity index is 1.30. The molecule has 0 radical (unpaired) electrons. The first-order valence-electron chi connectivity index (χ1n) is 9.27. The molecule has 3 aromatic rings. The van der Waals surface area contributed by atoms with E-state index in [2.05, 4.69) is 20.6 Å². The van der Waals surface area contributed by atoms with Crippen LogP contribution in [0.3, 0.4) is 0 Å². The van der Waals surface area contributed by atoms with Gasteiger partial charge in [0.25, 0.3) is 5.91 Å². The summed E-state index contributed by atoms with van der Waals surface area (Å²) in [5, 5.41) is 10.6. The number of carbonyl (C=O) groups excluding carboxylic acids is 2. The van der Waals surface area contributed by atoms with Gasteiger partial charge >= 0.3 is 6.09 Å². The van der Waals surface area contributed by atoms with Crippen molar-refractivity contribution in [2.24, 2.45) is 7.05 Å². The number of rotatable bonds is 6. The first-order chi connectivity index (χ1) is 14.1. The molecular formula is C19H20N6O4. The van der Waals surface area contributed by atoms with Crippen molar-refractivity contribution in [3.63, 3.8) is 0 Å². The summed E-state index contributed by atoms with van der Waals surface area (Å²) in [7, 11) is 1.61. The summed E-state index contributed by atoms with van der Waals surface area (Å²) in [6.45, 7) is 1.64. The van der Waals surface area contributed by atoms with Crippen LogP contribution in [0, 0.1) is 0 Å². The molecule has 0 saturated carbocycles. The van der Waals surface area contributed by atoms with Crippen LogP contribution >= 0.6 is 0 Å². The SMILES string of the molecule is Cn1ncc(C(=O)N2CCC2)c1OC(=O)NCCc1nc(-c2ccccc2)no1. The summed E-state index contributed by atoms with van der Waals surface area (Å²) in [6.07, 6.45) is 2.05. The lowest BCUT2D eigenvalue weighted by molar-refractivity contribution is 0.0648. The van der Waals surface area contributed by atoms with Gasteiger partial charge in [-0.25, -0.2) is 9.48 Å². The maximum atomic E-state index is 12.4. The van der Waals surface area contributed by atoms with Crippen molar-refractivity contribution in [2.45, 2.75) is 12.8 Å². The molecular weight excluding hydrogens is 376 g/mol. The zero-order chi connectivity index (χ0) is 20.2. The fourth-order valence-corrected chi connectivity index (χ4v) is 2.84. The number of ether oxygens (including phenoxy) is 1. The molecule has 10 nitrogen and oxygen atoms in total. The third-order valence-corrected chi connectivity index (χ3v) is 4.56. The Kier molecular flexibility index (Phi) is 5.23. The molecule has 0 unspecified atom stereocenters. The molecule has 2 aromatic heterocycles. The molecule has 150 valence electrons. The normalized spacial score (nSPS) is 13.1. The van der Waals surface area contributed by atoms with Gasteiger partial charge in [0.2, 0.25) is 17.6 Å². The van der Waals surface area contributed by atoms with E-state index in [1.165, 1.54) is 10.9 Å². The Morgan fingerprint density at radius 2 is 2.03 bits per heavy atom. The zero-order valence-electron chi connectivity index (χ0n) is 15.9. The summed E-state index contributed by atoms with van der Waals surface area (Å²) >= 11 is 0. The van der Waals surface area contributed by atoms with Gasteiger partial charge in [-0.2, -0.15) is 10.1 Å². The lowest BCUT2D eigenvalue weighted by Gasteiger charge is -2.30. The molecule has 1 saturated heterocycles. The second kappa shape index (κ2) is 8.13. The van der Waals surface area contributed by atoms with Gasteiger partial charge in [0.1, 0.15) is 5.56 Å². The van der Waals surface area contributed by atoms with Crippen molar-refractivity contribution < 1.29 is 18.8 Å². The maximum absolute atomic E-state index is 12.4. The lowest BCUT2D eigenvalue weighted by atomic mass is 10.2. The average molecular weight is 396 g/mol. The number of benzene rings is 1. The highest BCUT2D eigenvalue weighted by molar-refractivity contribution is 5.97. The molecule has 1 aliphatic rings. The van der Waals surface area contributed by atoms with Crippen LogP contribution in [-0.4, -0.2) is 56.5 Å². The van der Waals surface area contributed by atoms with Crippen LogP contribution in [0.1, 0.15) is 22.7 Å². The molecule has 0 bridgehead atoms. The summed E-state index contributed by atoms with van der Waals surface area (Å²) in [5.41, 5.74) is 1.12. The van der Waals surface area contributed by atoms with Crippen LogP contribution in [0.15, 0.2) is 41.1 Å².